The second-order valence-corrected chi connectivity index (χ2v) is 7.26. The molecule has 0 saturated heterocycles. The molecule has 29 heavy (non-hydrogen) atoms. The van der Waals surface area contributed by atoms with Crippen molar-refractivity contribution in [1.29, 1.82) is 0 Å². The molecule has 6 nitrogen and oxygen atoms in total. The Bertz CT molecular complexity index is 1290. The summed E-state index contributed by atoms with van der Waals surface area (Å²) in [6.07, 6.45) is 5.02. The summed E-state index contributed by atoms with van der Waals surface area (Å²) in [4.78, 5) is 29.2. The molecule has 0 aliphatic carbocycles. The number of rotatable bonds is 4. The van der Waals surface area contributed by atoms with Gasteiger partial charge in [0.15, 0.2) is 5.13 Å². The number of H-pyrrole nitrogens is 1. The van der Waals surface area contributed by atoms with Gasteiger partial charge in [0.25, 0.3) is 5.91 Å². The number of nitrogens with one attached hydrogen (secondary N) is 2. The fraction of sp³-hybridized carbons (Fsp3) is 0. The van der Waals surface area contributed by atoms with Gasteiger partial charge in [0, 0.05) is 35.1 Å². The lowest BCUT2D eigenvalue weighted by Gasteiger charge is -2.03. The number of amides is 1. The van der Waals surface area contributed by atoms with Gasteiger partial charge in [-0.05, 0) is 22.9 Å². The standard InChI is InChI=1S/C22H15N5OS/c28-21(27-22-24-12-13-29-22)19-18(15-8-10-23-11-9-15)25-20(26-19)17-7-3-5-14-4-1-2-6-16(14)17/h1-13H,(H,25,26)(H,24,27,28). The molecule has 2 aromatic carbocycles. The van der Waals surface area contributed by atoms with Gasteiger partial charge in [-0.3, -0.25) is 15.1 Å². The Balaban J connectivity index is 1.66. The van der Waals surface area contributed by atoms with Crippen molar-refractivity contribution in [2.24, 2.45) is 0 Å². The van der Waals surface area contributed by atoms with Crippen LogP contribution in [0.2, 0.25) is 0 Å². The monoisotopic (exact) mass is 397 g/mol. The summed E-state index contributed by atoms with van der Waals surface area (Å²) < 4.78 is 0. The second kappa shape index (κ2) is 7.29. The molecule has 7 heteroatoms. The minimum atomic E-state index is -0.286. The van der Waals surface area contributed by atoms with Crippen LogP contribution in [0.25, 0.3) is 33.4 Å². The molecule has 3 heterocycles. The molecule has 0 bridgehead atoms. The number of hydrogen-bond donors (Lipinski definition) is 2. The van der Waals surface area contributed by atoms with Crippen LogP contribution in [0, 0.1) is 0 Å². The predicted octanol–water partition coefficient (Wildman–Crippen LogP) is 5.00. The van der Waals surface area contributed by atoms with E-state index in [9.17, 15) is 4.79 Å². The van der Waals surface area contributed by atoms with E-state index >= 15 is 0 Å². The average Bonchev–Trinajstić information content (AvgIpc) is 3.44. The van der Waals surface area contributed by atoms with Gasteiger partial charge in [0.05, 0.1) is 0 Å². The van der Waals surface area contributed by atoms with E-state index in [4.69, 9.17) is 4.98 Å². The SMILES string of the molecule is O=C(Nc1nccs1)c1[nH]c(-c2cccc3ccccc23)nc1-c1ccncc1. The second-order valence-electron chi connectivity index (χ2n) is 6.36. The molecule has 0 saturated carbocycles. The minimum Gasteiger partial charge on any atom is -0.333 e. The highest BCUT2D eigenvalue weighted by atomic mass is 32.1. The topological polar surface area (TPSA) is 83.6 Å². The summed E-state index contributed by atoms with van der Waals surface area (Å²) in [6, 6.07) is 17.8. The maximum absolute atomic E-state index is 13.0. The summed E-state index contributed by atoms with van der Waals surface area (Å²) >= 11 is 1.37. The third-order valence-corrected chi connectivity index (χ3v) is 5.27. The highest BCUT2D eigenvalue weighted by Gasteiger charge is 2.21. The van der Waals surface area contributed by atoms with Gasteiger partial charge < -0.3 is 4.98 Å². The van der Waals surface area contributed by atoms with Gasteiger partial charge >= 0.3 is 0 Å². The molecule has 0 fully saturated rings. The van der Waals surface area contributed by atoms with E-state index in [1.165, 1.54) is 11.3 Å². The number of carbonyl (C=O) groups excluding carboxylic acids is 1. The number of carbonyl (C=O) groups is 1. The molecule has 3 aromatic heterocycles. The van der Waals surface area contributed by atoms with Gasteiger partial charge in [0.1, 0.15) is 17.2 Å². The number of aromatic amines is 1. The van der Waals surface area contributed by atoms with Crippen LogP contribution in [0.5, 0.6) is 0 Å². The Morgan fingerprint density at radius 2 is 1.79 bits per heavy atom. The van der Waals surface area contributed by atoms with Crippen molar-refractivity contribution >= 4 is 33.1 Å². The number of thiazole rings is 1. The zero-order valence-corrected chi connectivity index (χ0v) is 16.0. The number of aromatic nitrogens is 4. The Labute approximate surface area is 170 Å². The summed E-state index contributed by atoms with van der Waals surface area (Å²) in [5.41, 5.74) is 2.71. The zero-order chi connectivity index (χ0) is 19.6. The van der Waals surface area contributed by atoms with Crippen LogP contribution < -0.4 is 5.32 Å². The predicted molar refractivity (Wildman–Crippen MR) is 115 cm³/mol. The lowest BCUT2D eigenvalue weighted by Crippen LogP contribution is -2.13. The van der Waals surface area contributed by atoms with E-state index in [-0.39, 0.29) is 5.91 Å². The Hall–Kier alpha value is -3.84. The fourth-order valence-corrected chi connectivity index (χ4v) is 3.78. The molecule has 0 spiro atoms. The summed E-state index contributed by atoms with van der Waals surface area (Å²) in [5, 5.41) is 7.36. The summed E-state index contributed by atoms with van der Waals surface area (Å²) in [6.45, 7) is 0. The number of benzene rings is 2. The van der Waals surface area contributed by atoms with Gasteiger partial charge in [-0.25, -0.2) is 9.97 Å². The number of pyridine rings is 1. The molecule has 5 rings (SSSR count). The molecule has 140 valence electrons. The van der Waals surface area contributed by atoms with Crippen LogP contribution in [0.3, 0.4) is 0 Å². The first kappa shape index (κ1) is 17.3. The summed E-state index contributed by atoms with van der Waals surface area (Å²) in [5.74, 6) is 0.351. The first-order chi connectivity index (χ1) is 14.3. The normalized spacial score (nSPS) is 10.9. The molecule has 0 unspecified atom stereocenters. The molecule has 1 amide bonds. The Kier molecular flexibility index (Phi) is 4.34. The number of fused-ring (bicyclic) bond motifs is 1. The fourth-order valence-electron chi connectivity index (χ4n) is 3.26. The van der Waals surface area contributed by atoms with Gasteiger partial charge in [0.2, 0.25) is 0 Å². The van der Waals surface area contributed by atoms with Crippen molar-refractivity contribution in [3.8, 4) is 22.6 Å². The molecular formula is C22H15N5OS. The number of hydrogen-bond acceptors (Lipinski definition) is 5. The highest BCUT2D eigenvalue weighted by molar-refractivity contribution is 7.13. The first-order valence-corrected chi connectivity index (χ1v) is 9.87. The Morgan fingerprint density at radius 3 is 2.62 bits per heavy atom. The molecule has 0 atom stereocenters. The molecular weight excluding hydrogens is 382 g/mol. The molecule has 2 N–H and O–H groups in total. The molecule has 5 aromatic rings. The van der Waals surface area contributed by atoms with Crippen molar-refractivity contribution in [1.82, 2.24) is 19.9 Å². The van der Waals surface area contributed by atoms with Gasteiger partial charge in [-0.2, -0.15) is 0 Å². The van der Waals surface area contributed by atoms with E-state index in [0.29, 0.717) is 22.3 Å². The molecule has 0 aliphatic rings. The van der Waals surface area contributed by atoms with Crippen LogP contribution in [0.4, 0.5) is 5.13 Å². The third kappa shape index (κ3) is 3.28. The zero-order valence-electron chi connectivity index (χ0n) is 15.2. The smallest absolute Gasteiger partial charge is 0.276 e. The van der Waals surface area contributed by atoms with E-state index in [1.807, 2.05) is 41.8 Å². The van der Waals surface area contributed by atoms with E-state index in [2.05, 4.69) is 38.5 Å². The van der Waals surface area contributed by atoms with Crippen LogP contribution in [0.1, 0.15) is 10.5 Å². The quantitative estimate of drug-likeness (QED) is 0.447. The van der Waals surface area contributed by atoms with Crippen LogP contribution in [0.15, 0.2) is 78.6 Å². The number of imidazole rings is 1. The maximum atomic E-state index is 13.0. The molecule has 0 aliphatic heterocycles. The third-order valence-electron chi connectivity index (χ3n) is 4.58. The summed E-state index contributed by atoms with van der Waals surface area (Å²) in [7, 11) is 0. The largest absolute Gasteiger partial charge is 0.333 e. The van der Waals surface area contributed by atoms with Crippen molar-refractivity contribution in [3.63, 3.8) is 0 Å². The van der Waals surface area contributed by atoms with Crippen molar-refractivity contribution in [2.75, 3.05) is 5.32 Å². The van der Waals surface area contributed by atoms with Crippen LogP contribution in [-0.2, 0) is 0 Å². The molecule has 0 radical (unpaired) electrons. The lowest BCUT2D eigenvalue weighted by atomic mass is 10.0. The van der Waals surface area contributed by atoms with E-state index in [1.54, 1.807) is 18.6 Å². The first-order valence-electron chi connectivity index (χ1n) is 8.99. The van der Waals surface area contributed by atoms with E-state index < -0.39 is 0 Å². The van der Waals surface area contributed by atoms with E-state index in [0.717, 1.165) is 21.9 Å². The van der Waals surface area contributed by atoms with Crippen LogP contribution >= 0.6 is 11.3 Å². The van der Waals surface area contributed by atoms with Gasteiger partial charge in [-0.1, -0.05) is 42.5 Å². The highest BCUT2D eigenvalue weighted by Crippen LogP contribution is 2.31. The van der Waals surface area contributed by atoms with Crippen molar-refractivity contribution in [2.45, 2.75) is 0 Å². The van der Waals surface area contributed by atoms with Gasteiger partial charge in [-0.15, -0.1) is 11.3 Å². The van der Waals surface area contributed by atoms with Crippen molar-refractivity contribution in [3.05, 3.63) is 84.3 Å². The Morgan fingerprint density at radius 1 is 0.966 bits per heavy atom. The van der Waals surface area contributed by atoms with Crippen LogP contribution in [-0.4, -0.2) is 25.8 Å². The minimum absolute atomic E-state index is 0.286. The number of nitrogens with zero attached hydrogens (tertiary/aromatic N) is 3. The maximum Gasteiger partial charge on any atom is 0.276 e. The lowest BCUT2D eigenvalue weighted by molar-refractivity contribution is 0.102. The number of anilines is 1. The van der Waals surface area contributed by atoms with Crippen molar-refractivity contribution < 1.29 is 4.79 Å². The average molecular weight is 397 g/mol.